The van der Waals surface area contributed by atoms with Crippen LogP contribution in [0.1, 0.15) is 24.2 Å². The molecule has 3 N–H and O–H groups in total. The van der Waals surface area contributed by atoms with Gasteiger partial charge in [-0.25, -0.2) is 18.4 Å². The van der Waals surface area contributed by atoms with Crippen LogP contribution in [0.5, 0.6) is 0 Å². The summed E-state index contributed by atoms with van der Waals surface area (Å²) < 4.78 is 28.5. The van der Waals surface area contributed by atoms with Crippen molar-refractivity contribution >= 4 is 38.4 Å². The second-order valence-corrected chi connectivity index (χ2v) is 8.94. The van der Waals surface area contributed by atoms with Crippen LogP contribution >= 0.6 is 0 Å². The van der Waals surface area contributed by atoms with E-state index >= 15 is 0 Å². The molecule has 8 heteroatoms. The molecule has 4 rings (SSSR count). The van der Waals surface area contributed by atoms with E-state index < -0.39 is 16.1 Å². The van der Waals surface area contributed by atoms with Crippen LogP contribution in [0.2, 0.25) is 0 Å². The lowest BCUT2D eigenvalue weighted by molar-refractivity contribution is 0.199. The minimum atomic E-state index is -3.87. The van der Waals surface area contributed by atoms with E-state index in [9.17, 15) is 13.5 Å². The van der Waals surface area contributed by atoms with E-state index in [1.807, 2.05) is 25.1 Å². The first kappa shape index (κ1) is 20.8. The highest BCUT2D eigenvalue weighted by Crippen LogP contribution is 2.28. The number of para-hydroxylation sites is 2. The maximum atomic E-state index is 13.0. The number of sulfonamides is 1. The Morgan fingerprint density at radius 2 is 1.52 bits per heavy atom. The molecule has 158 valence electrons. The number of aryl methyl sites for hydroxylation is 1. The van der Waals surface area contributed by atoms with Crippen LogP contribution in [0.15, 0.2) is 77.7 Å². The minimum absolute atomic E-state index is 0.0849. The summed E-state index contributed by atoms with van der Waals surface area (Å²) in [4.78, 5) is 9.20. The molecule has 0 bridgehead atoms. The number of aromatic nitrogens is 2. The monoisotopic (exact) mass is 434 g/mol. The lowest BCUT2D eigenvalue weighted by Gasteiger charge is -2.15. The Kier molecular flexibility index (Phi) is 5.58. The van der Waals surface area contributed by atoms with Crippen LogP contribution in [0.4, 0.5) is 17.3 Å². The van der Waals surface area contributed by atoms with Gasteiger partial charge in [-0.1, -0.05) is 42.0 Å². The molecule has 4 aromatic rings. The summed E-state index contributed by atoms with van der Waals surface area (Å²) in [5.41, 5.74) is 3.52. The average molecular weight is 435 g/mol. The number of nitrogens with zero attached hydrogens (tertiary/aromatic N) is 2. The Balaban J connectivity index is 1.76. The molecule has 0 fully saturated rings. The standard InChI is InChI=1S/C23H22N4O3S/c1-15-10-12-19(13-11-15)31(29,30)27-23-22(25-20-8-3-4-9-21(20)26-23)24-18-7-5-6-17(14-18)16(2)28/h3-14,16,28H,1-2H3,(H,24,25)(H,26,27). The maximum Gasteiger partial charge on any atom is 0.263 e. The van der Waals surface area contributed by atoms with Gasteiger partial charge in [0.1, 0.15) is 0 Å². The van der Waals surface area contributed by atoms with Crippen molar-refractivity contribution in [1.82, 2.24) is 9.97 Å². The van der Waals surface area contributed by atoms with Crippen molar-refractivity contribution in [3.05, 3.63) is 83.9 Å². The fraction of sp³-hybridized carbons (Fsp3) is 0.130. The van der Waals surface area contributed by atoms with Gasteiger partial charge in [0, 0.05) is 5.69 Å². The largest absolute Gasteiger partial charge is 0.389 e. The van der Waals surface area contributed by atoms with Crippen molar-refractivity contribution in [2.75, 3.05) is 10.0 Å². The Bertz CT molecular complexity index is 1340. The summed E-state index contributed by atoms with van der Waals surface area (Å²) >= 11 is 0. The molecule has 1 atom stereocenters. The zero-order chi connectivity index (χ0) is 22.0. The first-order valence-electron chi connectivity index (χ1n) is 9.73. The van der Waals surface area contributed by atoms with Crippen LogP contribution in [-0.2, 0) is 10.0 Å². The average Bonchev–Trinajstić information content (AvgIpc) is 2.74. The quantitative estimate of drug-likeness (QED) is 0.412. The van der Waals surface area contributed by atoms with Crippen LogP contribution in [0.25, 0.3) is 11.0 Å². The molecule has 1 aromatic heterocycles. The normalized spacial score (nSPS) is 12.5. The Morgan fingerprint density at radius 3 is 2.16 bits per heavy atom. The number of benzene rings is 3. The maximum absolute atomic E-state index is 13.0. The molecule has 1 unspecified atom stereocenters. The number of aliphatic hydroxyl groups is 1. The molecule has 1 heterocycles. The van der Waals surface area contributed by atoms with Gasteiger partial charge in [0.15, 0.2) is 11.6 Å². The van der Waals surface area contributed by atoms with Crippen molar-refractivity contribution in [1.29, 1.82) is 0 Å². The number of hydrogen-bond acceptors (Lipinski definition) is 6. The lowest BCUT2D eigenvalue weighted by Crippen LogP contribution is -2.16. The van der Waals surface area contributed by atoms with Crippen molar-refractivity contribution in [3.63, 3.8) is 0 Å². The number of nitrogens with one attached hydrogen (secondary N) is 2. The van der Waals surface area contributed by atoms with Gasteiger partial charge in [0.2, 0.25) is 0 Å². The summed E-state index contributed by atoms with van der Waals surface area (Å²) in [5.74, 6) is 0.346. The summed E-state index contributed by atoms with van der Waals surface area (Å²) in [5, 5.41) is 13.0. The highest BCUT2D eigenvalue weighted by Gasteiger charge is 2.19. The summed E-state index contributed by atoms with van der Waals surface area (Å²) in [7, 11) is -3.87. The summed E-state index contributed by atoms with van der Waals surface area (Å²) in [6, 6.07) is 21.0. The fourth-order valence-electron chi connectivity index (χ4n) is 3.07. The third-order valence-corrected chi connectivity index (χ3v) is 6.12. The minimum Gasteiger partial charge on any atom is -0.389 e. The zero-order valence-corrected chi connectivity index (χ0v) is 17.9. The Hall–Kier alpha value is -3.49. The van der Waals surface area contributed by atoms with Crippen molar-refractivity contribution in [2.24, 2.45) is 0 Å². The molecule has 0 radical (unpaired) electrons. The Morgan fingerprint density at radius 1 is 0.871 bits per heavy atom. The van der Waals surface area contributed by atoms with Crippen LogP contribution < -0.4 is 10.0 Å². The van der Waals surface area contributed by atoms with Crippen molar-refractivity contribution in [2.45, 2.75) is 24.8 Å². The third-order valence-electron chi connectivity index (χ3n) is 4.76. The molecule has 0 aliphatic heterocycles. The molecular weight excluding hydrogens is 412 g/mol. The van der Waals surface area contributed by atoms with Crippen LogP contribution in [0, 0.1) is 6.92 Å². The molecule has 0 aliphatic carbocycles. The third kappa shape index (κ3) is 4.65. The number of aliphatic hydroxyl groups excluding tert-OH is 1. The topological polar surface area (TPSA) is 104 Å². The van der Waals surface area contributed by atoms with E-state index in [0.29, 0.717) is 16.7 Å². The van der Waals surface area contributed by atoms with Gasteiger partial charge in [0.05, 0.1) is 22.0 Å². The second kappa shape index (κ2) is 8.33. The molecular formula is C23H22N4O3S. The van der Waals surface area contributed by atoms with Gasteiger partial charge in [-0.3, -0.25) is 4.72 Å². The number of rotatable bonds is 6. The van der Waals surface area contributed by atoms with Crippen LogP contribution in [-0.4, -0.2) is 23.5 Å². The van der Waals surface area contributed by atoms with Gasteiger partial charge in [0.25, 0.3) is 10.0 Å². The fourth-order valence-corrected chi connectivity index (χ4v) is 4.08. The first-order valence-corrected chi connectivity index (χ1v) is 11.2. The predicted octanol–water partition coefficient (Wildman–Crippen LogP) is 4.54. The molecule has 0 spiro atoms. The molecule has 0 amide bonds. The van der Waals surface area contributed by atoms with Crippen molar-refractivity contribution < 1.29 is 13.5 Å². The van der Waals surface area contributed by atoms with Gasteiger partial charge >= 0.3 is 0 Å². The summed E-state index contributed by atoms with van der Waals surface area (Å²) in [6.45, 7) is 3.57. The number of anilines is 3. The van der Waals surface area contributed by atoms with E-state index in [0.717, 1.165) is 11.1 Å². The number of fused-ring (bicyclic) bond motifs is 1. The molecule has 0 saturated heterocycles. The molecule has 3 aromatic carbocycles. The number of hydrogen-bond donors (Lipinski definition) is 3. The van der Waals surface area contributed by atoms with Crippen LogP contribution in [0.3, 0.4) is 0 Å². The van der Waals surface area contributed by atoms with Crippen molar-refractivity contribution in [3.8, 4) is 0 Å². The van der Waals surface area contributed by atoms with Gasteiger partial charge in [-0.15, -0.1) is 0 Å². The second-order valence-electron chi connectivity index (χ2n) is 7.25. The Labute approximate surface area is 180 Å². The van der Waals surface area contributed by atoms with E-state index in [-0.39, 0.29) is 16.5 Å². The lowest BCUT2D eigenvalue weighted by atomic mass is 10.1. The zero-order valence-electron chi connectivity index (χ0n) is 17.1. The van der Waals surface area contributed by atoms with E-state index in [2.05, 4.69) is 20.0 Å². The summed E-state index contributed by atoms with van der Waals surface area (Å²) in [6.07, 6.45) is -0.635. The van der Waals surface area contributed by atoms with E-state index in [1.54, 1.807) is 61.5 Å². The first-order chi connectivity index (χ1) is 14.8. The molecule has 7 nitrogen and oxygen atoms in total. The molecule has 0 aliphatic rings. The van der Waals surface area contributed by atoms with Gasteiger partial charge in [-0.05, 0) is 55.8 Å². The van der Waals surface area contributed by atoms with E-state index in [1.165, 1.54) is 0 Å². The molecule has 0 saturated carbocycles. The predicted molar refractivity (Wildman–Crippen MR) is 122 cm³/mol. The highest BCUT2D eigenvalue weighted by atomic mass is 32.2. The SMILES string of the molecule is Cc1ccc(S(=O)(=O)Nc2nc3ccccc3nc2Nc2cccc(C(C)O)c2)cc1. The van der Waals surface area contributed by atoms with E-state index in [4.69, 9.17) is 0 Å². The highest BCUT2D eigenvalue weighted by molar-refractivity contribution is 7.92. The van der Waals surface area contributed by atoms with Gasteiger partial charge in [-0.2, -0.15) is 0 Å². The smallest absolute Gasteiger partial charge is 0.263 e. The van der Waals surface area contributed by atoms with Gasteiger partial charge < -0.3 is 10.4 Å². The molecule has 31 heavy (non-hydrogen) atoms.